The van der Waals surface area contributed by atoms with E-state index in [1.54, 1.807) is 32.0 Å². The third kappa shape index (κ3) is 14.7. The van der Waals surface area contributed by atoms with E-state index in [9.17, 15) is 38.4 Å². The zero-order chi connectivity index (χ0) is 49.3. The number of aryl methyl sites for hydroxylation is 2. The standard InChI is InChI=1S/C25H28N4O7.C21H20N4O7/c1-3-34-21(31)12-9-15(24(33)35-4-2)13-19(30)20-11-10-17(36-20)8-6-5-7-16-14-18-22(27-16)28-25(26)29-23(18)32;22-21-24-18-14(19(29)25-21)10-12(23-18)3-1-2-4-13-6-7-16(32-13)15(26)9-11(20(30)31)5-8-17(27)28/h10-11,14-15H,3-5,7,9,12-13H2,1-2H3,(H4,26,27,28,29,32);6-7,10-11H,1,3,5,8-9H2,(H,27,28)(H,30,31)(H4,22,23,24,25,29)/t15-;11-/m11/s1. The fraction of sp³-hybridized carbons (Fsp3) is 0.348. The predicted octanol–water partition coefficient (Wildman–Crippen LogP) is 4.06. The number of esters is 2. The predicted molar refractivity (Wildman–Crippen MR) is 242 cm³/mol. The van der Waals surface area contributed by atoms with Crippen LogP contribution in [0.25, 0.3) is 22.1 Å². The summed E-state index contributed by atoms with van der Waals surface area (Å²) in [5, 5.41) is 18.7. The van der Waals surface area contributed by atoms with E-state index < -0.39 is 41.5 Å². The molecule has 0 amide bonds. The van der Waals surface area contributed by atoms with Gasteiger partial charge in [-0.15, -0.1) is 0 Å². The molecule has 0 aliphatic carbocycles. The number of aromatic amines is 4. The quantitative estimate of drug-likeness (QED) is 0.0304. The van der Waals surface area contributed by atoms with E-state index in [1.807, 2.05) is 0 Å². The van der Waals surface area contributed by atoms with Gasteiger partial charge < -0.3 is 50.0 Å². The van der Waals surface area contributed by atoms with Crippen molar-refractivity contribution >= 4 is 69.4 Å². The lowest BCUT2D eigenvalue weighted by Gasteiger charge is -2.13. The highest BCUT2D eigenvalue weighted by molar-refractivity contribution is 5.96. The molecule has 6 heterocycles. The van der Waals surface area contributed by atoms with Crippen LogP contribution in [0.5, 0.6) is 0 Å². The monoisotopic (exact) mass is 936 g/mol. The van der Waals surface area contributed by atoms with Crippen LogP contribution in [-0.4, -0.2) is 88.8 Å². The Bertz CT molecular complexity index is 3050. The molecule has 6 rings (SSSR count). The zero-order valence-corrected chi connectivity index (χ0v) is 36.9. The fourth-order valence-electron chi connectivity index (χ4n) is 6.60. The van der Waals surface area contributed by atoms with Crippen LogP contribution in [-0.2, 0) is 41.5 Å². The SMILES string of the molecule is CCOC(=O)CC[C@H](CC(=O)c1ccc(C#CCCc2cc3c(=O)[nH]c(N)nc3[nH]2)o1)C(=O)OCC.Nc1nc2[nH]c(CCC#Cc3ccc(C(=O)C[C@@H](CCC(=O)O)C(=O)O)o3)cc2c(=O)[nH]1. The average molecular weight is 937 g/mol. The second-order valence-electron chi connectivity index (χ2n) is 15.0. The molecule has 22 nitrogen and oxygen atoms in total. The van der Waals surface area contributed by atoms with Crippen LogP contribution in [0.3, 0.4) is 0 Å². The lowest BCUT2D eigenvalue weighted by Crippen LogP contribution is -2.22. The average Bonchev–Trinajstić information content (AvgIpc) is 4.11. The number of aliphatic carboxylic acids is 2. The van der Waals surface area contributed by atoms with Crippen LogP contribution in [0.2, 0.25) is 0 Å². The van der Waals surface area contributed by atoms with Gasteiger partial charge in [0.25, 0.3) is 11.1 Å². The molecule has 0 saturated heterocycles. The van der Waals surface area contributed by atoms with Crippen molar-refractivity contribution in [2.24, 2.45) is 11.8 Å². The van der Waals surface area contributed by atoms with Gasteiger partial charge in [0.05, 0.1) is 35.8 Å². The number of hydrogen-bond donors (Lipinski definition) is 8. The van der Waals surface area contributed by atoms with Gasteiger partial charge in [0, 0.05) is 49.9 Å². The Kier molecular flexibility index (Phi) is 17.8. The van der Waals surface area contributed by atoms with Crippen molar-refractivity contribution in [1.82, 2.24) is 29.9 Å². The summed E-state index contributed by atoms with van der Waals surface area (Å²) in [6, 6.07) is 9.36. The number of nitrogens with zero attached hydrogens (tertiary/aromatic N) is 2. The molecule has 356 valence electrons. The van der Waals surface area contributed by atoms with Crippen LogP contribution in [0.15, 0.2) is 54.8 Å². The Morgan fingerprint density at radius 3 is 1.60 bits per heavy atom. The number of carbonyl (C=O) groups excluding carboxylic acids is 4. The van der Waals surface area contributed by atoms with Gasteiger partial charge in [0.15, 0.2) is 34.6 Å². The largest absolute Gasteiger partial charge is 0.481 e. The minimum Gasteiger partial charge on any atom is -0.481 e. The molecule has 0 aliphatic heterocycles. The number of Topliss-reactive ketones (excluding diaryl/α,β-unsaturated/α-hetero) is 2. The molecule has 0 aliphatic rings. The van der Waals surface area contributed by atoms with Gasteiger partial charge in [-0.05, 0) is 87.8 Å². The van der Waals surface area contributed by atoms with E-state index in [1.165, 1.54) is 18.2 Å². The van der Waals surface area contributed by atoms with Gasteiger partial charge >= 0.3 is 23.9 Å². The molecule has 0 radical (unpaired) electrons. The summed E-state index contributed by atoms with van der Waals surface area (Å²) in [4.78, 5) is 113. The van der Waals surface area contributed by atoms with Gasteiger partial charge in [0.1, 0.15) is 11.3 Å². The maximum Gasteiger partial charge on any atom is 0.309 e. The number of nitrogens with two attached hydrogens (primary N) is 2. The Morgan fingerprint density at radius 2 is 1.15 bits per heavy atom. The summed E-state index contributed by atoms with van der Waals surface area (Å²) in [5.41, 5.74) is 12.8. The molecular weight excluding hydrogens is 889 g/mol. The van der Waals surface area contributed by atoms with Crippen molar-refractivity contribution in [1.29, 1.82) is 0 Å². The first-order valence-electron chi connectivity index (χ1n) is 21.3. The van der Waals surface area contributed by atoms with E-state index in [-0.39, 0.29) is 97.8 Å². The normalized spacial score (nSPS) is 11.6. The summed E-state index contributed by atoms with van der Waals surface area (Å²) >= 11 is 0. The number of hydrogen-bond acceptors (Lipinski definition) is 16. The third-order valence-electron chi connectivity index (χ3n) is 9.91. The molecular formula is C46H48N8O14. The van der Waals surface area contributed by atoms with Crippen molar-refractivity contribution in [2.75, 3.05) is 24.7 Å². The van der Waals surface area contributed by atoms with Crippen LogP contribution >= 0.6 is 0 Å². The molecule has 0 spiro atoms. The molecule has 0 unspecified atom stereocenters. The van der Waals surface area contributed by atoms with Gasteiger partial charge in [-0.2, -0.15) is 9.97 Å². The van der Waals surface area contributed by atoms with E-state index in [2.05, 4.69) is 53.6 Å². The third-order valence-corrected chi connectivity index (χ3v) is 9.91. The number of nitrogens with one attached hydrogen (secondary N) is 4. The maximum absolute atomic E-state index is 12.7. The molecule has 10 N–H and O–H groups in total. The van der Waals surface area contributed by atoms with E-state index in [4.69, 9.17) is 40.0 Å². The first-order chi connectivity index (χ1) is 32.5. The number of ether oxygens (including phenoxy) is 2. The minimum atomic E-state index is -1.23. The summed E-state index contributed by atoms with van der Waals surface area (Å²) in [6.07, 6.45) is 1.09. The lowest BCUT2D eigenvalue weighted by atomic mass is 9.96. The number of carboxylic acids is 2. The number of ketones is 2. The first-order valence-corrected chi connectivity index (χ1v) is 21.3. The van der Waals surface area contributed by atoms with Gasteiger partial charge in [-0.1, -0.05) is 11.8 Å². The summed E-state index contributed by atoms with van der Waals surface area (Å²) in [6.45, 7) is 3.78. The van der Waals surface area contributed by atoms with Gasteiger partial charge in [-0.25, -0.2) is 0 Å². The fourth-order valence-corrected chi connectivity index (χ4v) is 6.60. The zero-order valence-electron chi connectivity index (χ0n) is 36.9. The van der Waals surface area contributed by atoms with Crippen molar-refractivity contribution in [3.8, 4) is 23.7 Å². The number of furan rings is 2. The first kappa shape index (κ1) is 50.3. The summed E-state index contributed by atoms with van der Waals surface area (Å²) in [7, 11) is 0. The number of H-pyrrole nitrogens is 4. The minimum absolute atomic E-state index is 0.00763. The number of rotatable bonds is 20. The van der Waals surface area contributed by atoms with Crippen LogP contribution in [0.1, 0.15) is 109 Å². The highest BCUT2D eigenvalue weighted by Crippen LogP contribution is 2.21. The van der Waals surface area contributed by atoms with Crippen molar-refractivity contribution in [3.05, 3.63) is 91.5 Å². The molecule has 2 atom stereocenters. The Morgan fingerprint density at radius 1 is 0.676 bits per heavy atom. The highest BCUT2D eigenvalue weighted by atomic mass is 16.5. The van der Waals surface area contributed by atoms with Crippen LogP contribution in [0, 0.1) is 35.5 Å². The number of anilines is 2. The maximum atomic E-state index is 12.7. The lowest BCUT2D eigenvalue weighted by molar-refractivity contribution is -0.149. The number of aromatic nitrogens is 6. The molecule has 0 aromatic carbocycles. The Hall–Kier alpha value is -8.66. The summed E-state index contributed by atoms with van der Waals surface area (Å²) < 4.78 is 20.8. The van der Waals surface area contributed by atoms with Crippen molar-refractivity contribution < 1.29 is 57.3 Å². The summed E-state index contributed by atoms with van der Waals surface area (Å²) in [5.74, 6) is 6.00. The molecule has 68 heavy (non-hydrogen) atoms. The number of nitrogen functional groups attached to an aromatic ring is 2. The van der Waals surface area contributed by atoms with E-state index in [0.717, 1.165) is 11.4 Å². The molecule has 6 aromatic heterocycles. The highest BCUT2D eigenvalue weighted by Gasteiger charge is 2.27. The molecule has 22 heteroatoms. The van der Waals surface area contributed by atoms with Crippen LogP contribution in [0.4, 0.5) is 11.9 Å². The number of fused-ring (bicyclic) bond motifs is 2. The van der Waals surface area contributed by atoms with Crippen molar-refractivity contribution in [2.45, 2.75) is 78.1 Å². The number of carboxylic acid groups (broad SMARTS) is 2. The topological polar surface area (TPSA) is 363 Å². The second-order valence-corrected chi connectivity index (χ2v) is 15.0. The molecule has 0 fully saturated rings. The van der Waals surface area contributed by atoms with Gasteiger partial charge in [0.2, 0.25) is 11.9 Å². The van der Waals surface area contributed by atoms with E-state index >= 15 is 0 Å². The molecule has 0 bridgehead atoms. The Labute approximate surface area is 385 Å². The van der Waals surface area contributed by atoms with Crippen LogP contribution < -0.4 is 22.6 Å². The molecule has 0 saturated carbocycles. The van der Waals surface area contributed by atoms with Crippen molar-refractivity contribution in [3.63, 3.8) is 0 Å². The Balaban J connectivity index is 0.000000256. The van der Waals surface area contributed by atoms with E-state index in [0.29, 0.717) is 53.5 Å². The molecule has 6 aromatic rings. The van der Waals surface area contributed by atoms with Gasteiger partial charge in [-0.3, -0.25) is 48.3 Å². The smallest absolute Gasteiger partial charge is 0.309 e. The second kappa shape index (κ2) is 24.0. The number of carbonyl (C=O) groups is 6.